The number of hydrogen-bond acceptors (Lipinski definition) is 5. The van der Waals surface area contributed by atoms with E-state index < -0.39 is 0 Å². The summed E-state index contributed by atoms with van der Waals surface area (Å²) in [6.45, 7) is 3.95. The van der Waals surface area contributed by atoms with Gasteiger partial charge in [-0.3, -0.25) is 0 Å². The van der Waals surface area contributed by atoms with Crippen LogP contribution in [0, 0.1) is 6.92 Å². The lowest BCUT2D eigenvalue weighted by Gasteiger charge is -2.15. The lowest BCUT2D eigenvalue weighted by molar-refractivity contribution is 0.161. The second-order valence-electron chi connectivity index (χ2n) is 5.32. The Hall–Kier alpha value is -2.24. The van der Waals surface area contributed by atoms with Gasteiger partial charge < -0.3 is 15.8 Å². The highest BCUT2D eigenvalue weighted by Crippen LogP contribution is 2.25. The number of nitrogens with zero attached hydrogens (tertiary/aromatic N) is 2. The van der Waals surface area contributed by atoms with Crippen LogP contribution in [-0.4, -0.2) is 23.2 Å². The molecule has 0 atom stereocenters. The summed E-state index contributed by atoms with van der Waals surface area (Å²) in [7, 11) is 0. The highest BCUT2D eigenvalue weighted by molar-refractivity contribution is 5.69. The third-order valence-corrected chi connectivity index (χ3v) is 3.60. The molecule has 0 fully saturated rings. The number of aryl methyl sites for hydroxylation is 1. The molecule has 5 heteroatoms. The van der Waals surface area contributed by atoms with Crippen molar-refractivity contribution in [2.45, 2.75) is 19.9 Å². The second-order valence-corrected chi connectivity index (χ2v) is 5.32. The fraction of sp³-hybridized carbons (Fsp3) is 0.294. The van der Waals surface area contributed by atoms with Crippen LogP contribution in [0.2, 0.25) is 0 Å². The van der Waals surface area contributed by atoms with Gasteiger partial charge in [-0.2, -0.15) is 0 Å². The van der Waals surface area contributed by atoms with Crippen molar-refractivity contribution < 1.29 is 4.74 Å². The molecule has 2 aromatic heterocycles. The van der Waals surface area contributed by atoms with Crippen molar-refractivity contribution in [3.05, 3.63) is 53.4 Å². The van der Waals surface area contributed by atoms with Crippen molar-refractivity contribution in [2.75, 3.05) is 18.5 Å². The zero-order valence-electron chi connectivity index (χ0n) is 12.7. The molecular formula is C17H20N4O. The zero-order valence-corrected chi connectivity index (χ0v) is 12.7. The number of nitrogens with one attached hydrogen (secondary N) is 1. The molecule has 0 saturated heterocycles. The molecule has 3 rings (SSSR count). The van der Waals surface area contributed by atoms with Crippen LogP contribution in [0.15, 0.2) is 36.5 Å². The number of ether oxygens (including phenoxy) is 1. The summed E-state index contributed by atoms with van der Waals surface area (Å²) in [6.07, 6.45) is 4.82. The summed E-state index contributed by atoms with van der Waals surface area (Å²) < 4.78 is 5.37. The molecule has 3 heterocycles. The van der Waals surface area contributed by atoms with Crippen LogP contribution < -0.4 is 11.1 Å². The van der Waals surface area contributed by atoms with Crippen molar-refractivity contribution in [3.8, 4) is 0 Å². The largest absolute Gasteiger partial charge is 0.377 e. The molecule has 0 saturated carbocycles. The molecule has 0 amide bonds. The molecule has 5 nitrogen and oxygen atoms in total. The van der Waals surface area contributed by atoms with E-state index in [1.165, 1.54) is 11.1 Å². The smallest absolute Gasteiger partial charge is 0.132 e. The van der Waals surface area contributed by atoms with Crippen LogP contribution in [0.25, 0.3) is 5.57 Å². The van der Waals surface area contributed by atoms with Crippen LogP contribution >= 0.6 is 0 Å². The van der Waals surface area contributed by atoms with E-state index in [0.29, 0.717) is 13.2 Å². The second kappa shape index (κ2) is 6.68. The highest BCUT2D eigenvalue weighted by Gasteiger charge is 2.09. The maximum Gasteiger partial charge on any atom is 0.132 e. The van der Waals surface area contributed by atoms with Crippen molar-refractivity contribution in [2.24, 2.45) is 5.73 Å². The van der Waals surface area contributed by atoms with E-state index in [4.69, 9.17) is 10.5 Å². The molecule has 0 radical (unpaired) electrons. The molecule has 0 bridgehead atoms. The first-order valence-electron chi connectivity index (χ1n) is 7.42. The fourth-order valence-corrected chi connectivity index (χ4v) is 2.51. The Morgan fingerprint density at radius 3 is 2.95 bits per heavy atom. The number of aromatic nitrogens is 2. The molecule has 0 aliphatic carbocycles. The van der Waals surface area contributed by atoms with Gasteiger partial charge in [0, 0.05) is 18.4 Å². The van der Waals surface area contributed by atoms with Gasteiger partial charge in [0.05, 0.1) is 13.2 Å². The minimum absolute atomic E-state index is 0.497. The summed E-state index contributed by atoms with van der Waals surface area (Å²) in [5.41, 5.74) is 10.2. The topological polar surface area (TPSA) is 73.1 Å². The average Bonchev–Trinajstić information content (AvgIpc) is 2.55. The Morgan fingerprint density at radius 1 is 1.27 bits per heavy atom. The Bertz CT molecular complexity index is 697. The summed E-state index contributed by atoms with van der Waals surface area (Å²) in [4.78, 5) is 8.85. The Kier molecular flexibility index (Phi) is 4.46. The van der Waals surface area contributed by atoms with Gasteiger partial charge in [0.15, 0.2) is 0 Å². The molecule has 114 valence electrons. The fourth-order valence-electron chi connectivity index (χ4n) is 2.51. The normalized spacial score (nSPS) is 14.5. The van der Waals surface area contributed by atoms with Gasteiger partial charge in [-0.15, -0.1) is 0 Å². The van der Waals surface area contributed by atoms with Gasteiger partial charge in [-0.05, 0) is 54.3 Å². The number of anilines is 2. The maximum atomic E-state index is 5.67. The highest BCUT2D eigenvalue weighted by atomic mass is 16.5. The number of nitrogens with two attached hydrogens (primary N) is 1. The standard InChI is InChI=1S/C17H20N4O/c1-12-8-15(14-3-6-22-7-4-14)10-17(20-12)21-16-9-13(11-18)2-5-19-16/h2-3,5,8-10H,4,6-7,11,18H2,1H3,(H,19,20,21). The minimum atomic E-state index is 0.497. The monoisotopic (exact) mass is 296 g/mol. The SMILES string of the molecule is Cc1cc(C2=CCOCC2)cc(Nc2cc(CN)ccn2)n1. The number of pyridine rings is 2. The predicted molar refractivity (Wildman–Crippen MR) is 87.8 cm³/mol. The van der Waals surface area contributed by atoms with Gasteiger partial charge in [0.25, 0.3) is 0 Å². The third-order valence-electron chi connectivity index (χ3n) is 3.60. The summed E-state index contributed by atoms with van der Waals surface area (Å²) in [5.74, 6) is 1.55. The van der Waals surface area contributed by atoms with Gasteiger partial charge in [0.1, 0.15) is 11.6 Å². The quantitative estimate of drug-likeness (QED) is 0.907. The molecular weight excluding hydrogens is 276 g/mol. The Labute approximate surface area is 130 Å². The van der Waals surface area contributed by atoms with E-state index in [9.17, 15) is 0 Å². The molecule has 1 aliphatic heterocycles. The average molecular weight is 296 g/mol. The van der Waals surface area contributed by atoms with Gasteiger partial charge in [0.2, 0.25) is 0 Å². The molecule has 2 aromatic rings. The Morgan fingerprint density at radius 2 is 2.18 bits per heavy atom. The number of rotatable bonds is 4. The minimum Gasteiger partial charge on any atom is -0.377 e. The van der Waals surface area contributed by atoms with Crippen molar-refractivity contribution in [1.82, 2.24) is 9.97 Å². The van der Waals surface area contributed by atoms with E-state index in [2.05, 4.69) is 33.5 Å². The van der Waals surface area contributed by atoms with Gasteiger partial charge in [-0.1, -0.05) is 6.08 Å². The van der Waals surface area contributed by atoms with Crippen molar-refractivity contribution in [3.63, 3.8) is 0 Å². The van der Waals surface area contributed by atoms with E-state index in [1.54, 1.807) is 6.20 Å². The zero-order chi connectivity index (χ0) is 15.4. The summed E-state index contributed by atoms with van der Waals surface area (Å²) in [5, 5.41) is 3.26. The van der Waals surface area contributed by atoms with Crippen LogP contribution in [0.3, 0.4) is 0 Å². The third kappa shape index (κ3) is 3.50. The lowest BCUT2D eigenvalue weighted by atomic mass is 10.0. The van der Waals surface area contributed by atoms with Crippen LogP contribution in [0.4, 0.5) is 11.6 Å². The van der Waals surface area contributed by atoms with Gasteiger partial charge >= 0.3 is 0 Å². The summed E-state index contributed by atoms with van der Waals surface area (Å²) in [6, 6.07) is 8.01. The summed E-state index contributed by atoms with van der Waals surface area (Å²) >= 11 is 0. The first-order valence-corrected chi connectivity index (χ1v) is 7.42. The van der Waals surface area contributed by atoms with E-state index in [1.807, 2.05) is 19.1 Å². The van der Waals surface area contributed by atoms with Gasteiger partial charge in [-0.25, -0.2) is 9.97 Å². The predicted octanol–water partition coefficient (Wildman–Crippen LogP) is 2.79. The van der Waals surface area contributed by atoms with Crippen molar-refractivity contribution >= 4 is 17.2 Å². The Balaban J connectivity index is 1.87. The lowest BCUT2D eigenvalue weighted by Crippen LogP contribution is -2.05. The van der Waals surface area contributed by atoms with Crippen LogP contribution in [0.1, 0.15) is 23.2 Å². The first-order chi connectivity index (χ1) is 10.7. The van der Waals surface area contributed by atoms with E-state index >= 15 is 0 Å². The van der Waals surface area contributed by atoms with E-state index in [-0.39, 0.29) is 0 Å². The van der Waals surface area contributed by atoms with Crippen LogP contribution in [0.5, 0.6) is 0 Å². The molecule has 1 aliphatic rings. The molecule has 3 N–H and O–H groups in total. The maximum absolute atomic E-state index is 5.67. The van der Waals surface area contributed by atoms with Crippen molar-refractivity contribution in [1.29, 1.82) is 0 Å². The molecule has 0 unspecified atom stereocenters. The molecule has 22 heavy (non-hydrogen) atoms. The molecule has 0 aromatic carbocycles. The van der Waals surface area contributed by atoms with Crippen LogP contribution in [-0.2, 0) is 11.3 Å². The molecule has 0 spiro atoms. The number of hydrogen-bond donors (Lipinski definition) is 2. The van der Waals surface area contributed by atoms with E-state index in [0.717, 1.165) is 35.9 Å². The first kappa shape index (κ1) is 14.7.